The number of nitriles is 2. The highest BCUT2D eigenvalue weighted by molar-refractivity contribution is 5.77. The SMILES string of the molecule is C#CCOc1ccc(CCC(=O)NC(C#N)c2ccc(C(C#N)OCC)cc2)cc1OC. The highest BCUT2D eigenvalue weighted by atomic mass is 16.5. The molecule has 7 nitrogen and oxygen atoms in total. The van der Waals surface area contributed by atoms with Crippen LogP contribution in [0.15, 0.2) is 42.5 Å². The zero-order valence-electron chi connectivity index (χ0n) is 18.1. The van der Waals surface area contributed by atoms with E-state index >= 15 is 0 Å². The number of ether oxygens (including phenoxy) is 3. The van der Waals surface area contributed by atoms with Gasteiger partial charge in [-0.1, -0.05) is 36.3 Å². The van der Waals surface area contributed by atoms with Gasteiger partial charge in [-0.25, -0.2) is 0 Å². The van der Waals surface area contributed by atoms with E-state index in [1.807, 2.05) is 13.0 Å². The fourth-order valence-electron chi connectivity index (χ4n) is 3.03. The number of carbonyl (C=O) groups excluding carboxylic acids is 1. The maximum absolute atomic E-state index is 12.4. The molecule has 2 rings (SSSR count). The summed E-state index contributed by atoms with van der Waals surface area (Å²) in [6.07, 6.45) is 5.21. The summed E-state index contributed by atoms with van der Waals surface area (Å²) in [4.78, 5) is 12.4. The van der Waals surface area contributed by atoms with Crippen LogP contribution in [-0.4, -0.2) is 26.2 Å². The first-order chi connectivity index (χ1) is 15.6. The second kappa shape index (κ2) is 12.6. The topological polar surface area (TPSA) is 104 Å². The van der Waals surface area contributed by atoms with E-state index in [0.29, 0.717) is 35.7 Å². The molecule has 2 unspecified atom stereocenters. The minimum Gasteiger partial charge on any atom is -0.493 e. The van der Waals surface area contributed by atoms with E-state index in [2.05, 4.69) is 23.4 Å². The van der Waals surface area contributed by atoms with Gasteiger partial charge < -0.3 is 19.5 Å². The van der Waals surface area contributed by atoms with Crippen LogP contribution in [0.3, 0.4) is 0 Å². The number of terminal acetylenes is 1. The molecule has 0 aromatic heterocycles. The Balaban J connectivity index is 1.97. The van der Waals surface area contributed by atoms with Gasteiger partial charge in [0.2, 0.25) is 5.91 Å². The van der Waals surface area contributed by atoms with Gasteiger partial charge in [0.25, 0.3) is 0 Å². The fourth-order valence-corrected chi connectivity index (χ4v) is 3.03. The van der Waals surface area contributed by atoms with Gasteiger partial charge >= 0.3 is 0 Å². The zero-order valence-corrected chi connectivity index (χ0v) is 18.1. The number of nitrogens with zero attached hydrogens (tertiary/aromatic N) is 2. The van der Waals surface area contributed by atoms with E-state index in [4.69, 9.17) is 20.6 Å². The number of aryl methyl sites for hydroxylation is 1. The summed E-state index contributed by atoms with van der Waals surface area (Å²) < 4.78 is 16.1. The highest BCUT2D eigenvalue weighted by Gasteiger charge is 2.16. The van der Waals surface area contributed by atoms with Gasteiger partial charge in [0.15, 0.2) is 17.6 Å². The van der Waals surface area contributed by atoms with Crippen LogP contribution in [-0.2, 0) is 16.0 Å². The molecule has 0 aliphatic heterocycles. The second-order valence-corrected chi connectivity index (χ2v) is 6.74. The minimum atomic E-state index is -0.793. The van der Waals surface area contributed by atoms with Crippen molar-refractivity contribution in [1.82, 2.24) is 5.32 Å². The Morgan fingerprint density at radius 3 is 2.41 bits per heavy atom. The third kappa shape index (κ3) is 6.77. The summed E-state index contributed by atoms with van der Waals surface area (Å²) >= 11 is 0. The first-order valence-electron chi connectivity index (χ1n) is 10.1. The maximum atomic E-state index is 12.4. The van der Waals surface area contributed by atoms with E-state index < -0.39 is 12.1 Å². The van der Waals surface area contributed by atoms with Gasteiger partial charge in [0, 0.05) is 13.0 Å². The largest absolute Gasteiger partial charge is 0.493 e. The first-order valence-corrected chi connectivity index (χ1v) is 10.1. The lowest BCUT2D eigenvalue weighted by atomic mass is 10.0. The van der Waals surface area contributed by atoms with Crippen molar-refractivity contribution in [2.75, 3.05) is 20.3 Å². The Labute approximate surface area is 188 Å². The average molecular weight is 431 g/mol. The van der Waals surface area contributed by atoms with E-state index in [0.717, 1.165) is 5.56 Å². The van der Waals surface area contributed by atoms with Crippen LogP contribution in [0.25, 0.3) is 0 Å². The molecule has 0 spiro atoms. The van der Waals surface area contributed by atoms with E-state index in [9.17, 15) is 15.3 Å². The third-order valence-corrected chi connectivity index (χ3v) is 4.64. The first kappa shape index (κ1) is 24.3. The van der Waals surface area contributed by atoms with Crippen molar-refractivity contribution < 1.29 is 19.0 Å². The molecule has 0 saturated heterocycles. The number of hydrogen-bond acceptors (Lipinski definition) is 6. The lowest BCUT2D eigenvalue weighted by Crippen LogP contribution is -2.27. The summed E-state index contributed by atoms with van der Waals surface area (Å²) in [5.74, 6) is 3.22. The molecule has 0 bridgehead atoms. The van der Waals surface area contributed by atoms with Crippen molar-refractivity contribution in [2.45, 2.75) is 31.9 Å². The molecular weight excluding hydrogens is 406 g/mol. The van der Waals surface area contributed by atoms with E-state index in [1.165, 1.54) is 7.11 Å². The summed E-state index contributed by atoms with van der Waals surface area (Å²) in [6, 6.07) is 15.7. The smallest absolute Gasteiger partial charge is 0.221 e. The molecule has 0 heterocycles. The molecule has 0 aliphatic carbocycles. The predicted octanol–water partition coefficient (Wildman–Crippen LogP) is 3.62. The summed E-state index contributed by atoms with van der Waals surface area (Å²) in [7, 11) is 1.53. The van der Waals surface area contributed by atoms with Gasteiger partial charge in [-0.2, -0.15) is 10.5 Å². The summed E-state index contributed by atoms with van der Waals surface area (Å²) in [5, 5.41) is 21.4. The molecule has 0 fully saturated rings. The Morgan fingerprint density at radius 1 is 1.09 bits per heavy atom. The molecule has 0 saturated carbocycles. The molecule has 1 N–H and O–H groups in total. The quantitative estimate of drug-likeness (QED) is 0.545. The number of nitrogens with one attached hydrogen (secondary N) is 1. The number of hydrogen-bond donors (Lipinski definition) is 1. The molecule has 0 aliphatic rings. The van der Waals surface area contributed by atoms with Crippen molar-refractivity contribution in [3.63, 3.8) is 0 Å². The number of carbonyl (C=O) groups is 1. The van der Waals surface area contributed by atoms with Crippen LogP contribution in [0, 0.1) is 35.0 Å². The zero-order chi connectivity index (χ0) is 23.3. The monoisotopic (exact) mass is 431 g/mol. The van der Waals surface area contributed by atoms with Gasteiger partial charge in [-0.05, 0) is 42.2 Å². The number of rotatable bonds is 11. The Morgan fingerprint density at radius 2 is 1.81 bits per heavy atom. The van der Waals surface area contributed by atoms with Crippen molar-refractivity contribution in [2.24, 2.45) is 0 Å². The molecule has 0 radical (unpaired) electrons. The van der Waals surface area contributed by atoms with E-state index in [-0.39, 0.29) is 18.9 Å². The summed E-state index contributed by atoms with van der Waals surface area (Å²) in [6.45, 7) is 2.37. The molecule has 164 valence electrons. The molecule has 2 aromatic carbocycles. The standard InChI is InChI=1S/C25H25N3O4/c1-4-14-32-22-12-6-18(15-23(22)30-3)7-13-25(29)28-21(16-26)19-8-10-20(11-9-19)24(17-27)31-5-2/h1,6,8-12,15,21,24H,5,7,13-14H2,2-3H3,(H,28,29). The van der Waals surface area contributed by atoms with Crippen molar-refractivity contribution >= 4 is 5.91 Å². The van der Waals surface area contributed by atoms with Gasteiger partial charge in [0.1, 0.15) is 12.6 Å². The molecular formula is C25H25N3O4. The van der Waals surface area contributed by atoms with E-state index in [1.54, 1.807) is 36.4 Å². The van der Waals surface area contributed by atoms with Crippen molar-refractivity contribution in [3.05, 3.63) is 59.2 Å². The van der Waals surface area contributed by atoms with Crippen LogP contribution < -0.4 is 14.8 Å². The molecule has 2 aromatic rings. The third-order valence-electron chi connectivity index (χ3n) is 4.64. The van der Waals surface area contributed by atoms with Crippen molar-refractivity contribution in [3.8, 4) is 36.0 Å². The highest BCUT2D eigenvalue weighted by Crippen LogP contribution is 2.28. The van der Waals surface area contributed by atoms with Crippen LogP contribution >= 0.6 is 0 Å². The predicted molar refractivity (Wildman–Crippen MR) is 119 cm³/mol. The number of benzene rings is 2. The maximum Gasteiger partial charge on any atom is 0.221 e. The van der Waals surface area contributed by atoms with Crippen LogP contribution in [0.1, 0.15) is 42.2 Å². The lowest BCUT2D eigenvalue weighted by Gasteiger charge is -2.14. The Bertz CT molecular complexity index is 1030. The van der Waals surface area contributed by atoms with Gasteiger partial charge in [-0.15, -0.1) is 6.42 Å². The van der Waals surface area contributed by atoms with Gasteiger partial charge in [-0.3, -0.25) is 4.79 Å². The second-order valence-electron chi connectivity index (χ2n) is 6.74. The molecule has 32 heavy (non-hydrogen) atoms. The van der Waals surface area contributed by atoms with Crippen LogP contribution in [0.5, 0.6) is 11.5 Å². The fraction of sp³-hybridized carbons (Fsp3) is 0.320. The van der Waals surface area contributed by atoms with Gasteiger partial charge in [0.05, 0.1) is 19.2 Å². The lowest BCUT2D eigenvalue weighted by molar-refractivity contribution is -0.121. The Kier molecular flexibility index (Phi) is 9.60. The number of amides is 1. The normalized spacial score (nSPS) is 11.8. The number of methoxy groups -OCH3 is 1. The van der Waals surface area contributed by atoms with Crippen molar-refractivity contribution in [1.29, 1.82) is 10.5 Å². The van der Waals surface area contributed by atoms with Crippen LogP contribution in [0.4, 0.5) is 0 Å². The summed E-state index contributed by atoms with van der Waals surface area (Å²) in [5.41, 5.74) is 2.22. The molecule has 7 heteroatoms. The minimum absolute atomic E-state index is 0.136. The molecule has 1 amide bonds. The Hall–Kier alpha value is -3.99. The van der Waals surface area contributed by atoms with Crippen LogP contribution in [0.2, 0.25) is 0 Å². The average Bonchev–Trinajstić information content (AvgIpc) is 2.83. The molecule has 2 atom stereocenters.